The molecule has 0 unspecified atom stereocenters. The third-order valence-electron chi connectivity index (χ3n) is 10.9. The highest BCUT2D eigenvalue weighted by Crippen LogP contribution is 2.59. The number of esters is 1. The van der Waals surface area contributed by atoms with Crippen LogP contribution in [0.3, 0.4) is 0 Å². The highest BCUT2D eigenvalue weighted by Gasteiger charge is 2.75. The van der Waals surface area contributed by atoms with Crippen molar-refractivity contribution in [2.45, 2.75) is 62.6 Å². The Labute approximate surface area is 317 Å². The molecule has 4 aliphatic heterocycles. The average molecular weight is 787 g/mol. The molecule has 3 amide bonds. The first-order valence-corrected chi connectivity index (χ1v) is 18.9. The fourth-order valence-corrected chi connectivity index (χ4v) is 9.14. The third-order valence-corrected chi connectivity index (χ3v) is 11.6. The number of aliphatic hydroxyl groups excluding tert-OH is 1. The van der Waals surface area contributed by atoms with Gasteiger partial charge in [0.15, 0.2) is 0 Å². The zero-order valence-electron chi connectivity index (χ0n) is 29.9. The minimum atomic E-state index is -1.54. The SMILES string of the molecule is COC[C@H]1NC(=O)CC/C=C\CN(c2ccc3ccccc3c2)C(=O)[C@@H]2N([C@@H](CO)C(C)C)C(=O)[C@H]3[C@H](C(=O)O[C@@H]1c1ccccc1)[C@H]1O[C@@]23C=C1Br. The summed E-state index contributed by atoms with van der Waals surface area (Å²) < 4.78 is 19.1. The van der Waals surface area contributed by atoms with Crippen molar-refractivity contribution in [1.82, 2.24) is 10.2 Å². The number of anilines is 1. The normalized spacial score (nSPS) is 30.3. The van der Waals surface area contributed by atoms with Gasteiger partial charge in [0.1, 0.15) is 29.8 Å². The van der Waals surface area contributed by atoms with Crippen LogP contribution < -0.4 is 10.2 Å². The molecule has 12 heteroatoms. The van der Waals surface area contributed by atoms with Gasteiger partial charge in [-0.3, -0.25) is 19.2 Å². The van der Waals surface area contributed by atoms with Crippen LogP contribution in [0.25, 0.3) is 10.8 Å². The zero-order valence-corrected chi connectivity index (χ0v) is 31.5. The van der Waals surface area contributed by atoms with Crippen molar-refractivity contribution in [2.24, 2.45) is 17.8 Å². The second-order valence-corrected chi connectivity index (χ2v) is 15.4. The van der Waals surface area contributed by atoms with Gasteiger partial charge < -0.3 is 34.4 Å². The van der Waals surface area contributed by atoms with Crippen molar-refractivity contribution in [2.75, 3.05) is 31.8 Å². The number of hydrogen-bond donors (Lipinski definition) is 2. The molecule has 2 N–H and O–H groups in total. The fraction of sp³-hybridized carbons (Fsp3) is 0.415. The number of halogens is 1. The number of carbonyl (C=O) groups excluding carboxylic acids is 4. The number of nitrogens with one attached hydrogen (secondary N) is 1. The Kier molecular flexibility index (Phi) is 10.6. The van der Waals surface area contributed by atoms with E-state index in [2.05, 4.69) is 21.2 Å². The molecular formula is C41H44BrN3O8. The summed E-state index contributed by atoms with van der Waals surface area (Å²) in [7, 11) is 1.51. The summed E-state index contributed by atoms with van der Waals surface area (Å²) in [6.45, 7) is 3.55. The molecule has 2 saturated heterocycles. The van der Waals surface area contributed by atoms with E-state index < -0.39 is 72.2 Å². The molecule has 11 nitrogen and oxygen atoms in total. The molecule has 0 aromatic heterocycles. The number of nitrogens with zero attached hydrogens (tertiary/aromatic N) is 2. The molecule has 53 heavy (non-hydrogen) atoms. The van der Waals surface area contributed by atoms with Crippen LogP contribution in [0.4, 0.5) is 5.69 Å². The summed E-state index contributed by atoms with van der Waals surface area (Å²) >= 11 is 3.63. The van der Waals surface area contributed by atoms with Crippen LogP contribution in [0.2, 0.25) is 0 Å². The van der Waals surface area contributed by atoms with Crippen molar-refractivity contribution in [1.29, 1.82) is 0 Å². The average Bonchev–Trinajstić information content (AvgIpc) is 3.75. The predicted octanol–water partition coefficient (Wildman–Crippen LogP) is 4.83. The van der Waals surface area contributed by atoms with Gasteiger partial charge in [-0.05, 0) is 46.9 Å². The van der Waals surface area contributed by atoms with Gasteiger partial charge >= 0.3 is 5.97 Å². The maximum absolute atomic E-state index is 15.3. The van der Waals surface area contributed by atoms with Gasteiger partial charge in [-0.25, -0.2) is 0 Å². The van der Waals surface area contributed by atoms with E-state index in [1.807, 2.05) is 86.7 Å². The molecule has 8 atom stereocenters. The molecule has 7 rings (SSSR count). The molecule has 3 aromatic rings. The number of rotatable bonds is 7. The third kappa shape index (κ3) is 6.60. The Morgan fingerprint density at radius 2 is 1.70 bits per heavy atom. The Bertz CT molecular complexity index is 1950. The van der Waals surface area contributed by atoms with Gasteiger partial charge in [-0.1, -0.05) is 103 Å². The van der Waals surface area contributed by atoms with E-state index in [1.165, 1.54) is 12.0 Å². The van der Waals surface area contributed by atoms with Gasteiger partial charge in [-0.15, -0.1) is 0 Å². The number of hydrogen-bond acceptors (Lipinski definition) is 8. The number of cyclic esters (lactones) is 1. The van der Waals surface area contributed by atoms with Crippen LogP contribution in [0.1, 0.15) is 38.4 Å². The summed E-state index contributed by atoms with van der Waals surface area (Å²) in [6.07, 6.45) is 4.11. The summed E-state index contributed by atoms with van der Waals surface area (Å²) in [5, 5.41) is 15.7. The lowest BCUT2D eigenvalue weighted by molar-refractivity contribution is -0.162. The molecule has 5 bridgehead atoms. The maximum atomic E-state index is 15.3. The first-order valence-electron chi connectivity index (χ1n) is 18.1. The maximum Gasteiger partial charge on any atom is 0.313 e. The molecule has 4 aliphatic rings. The second-order valence-electron chi connectivity index (χ2n) is 14.5. The van der Waals surface area contributed by atoms with E-state index in [0.29, 0.717) is 22.2 Å². The van der Waals surface area contributed by atoms with Gasteiger partial charge in [0.2, 0.25) is 11.8 Å². The molecule has 278 valence electrons. The van der Waals surface area contributed by atoms with Crippen molar-refractivity contribution in [3.05, 3.63) is 101 Å². The Hall–Kier alpha value is -4.36. The van der Waals surface area contributed by atoms with Crippen molar-refractivity contribution < 1.29 is 38.5 Å². The number of likely N-dealkylation sites (tertiary alicyclic amines) is 1. The number of allylic oxidation sites excluding steroid dienone is 1. The highest BCUT2D eigenvalue weighted by molar-refractivity contribution is 9.11. The van der Waals surface area contributed by atoms with Crippen molar-refractivity contribution in [3.8, 4) is 0 Å². The quantitative estimate of drug-likeness (QED) is 0.257. The summed E-state index contributed by atoms with van der Waals surface area (Å²) in [6, 6.07) is 19.9. The molecule has 3 aromatic carbocycles. The number of carbonyl (C=O) groups is 4. The van der Waals surface area contributed by atoms with E-state index in [-0.39, 0.29) is 31.4 Å². The molecule has 4 heterocycles. The van der Waals surface area contributed by atoms with E-state index in [9.17, 15) is 19.5 Å². The Morgan fingerprint density at radius 1 is 0.962 bits per heavy atom. The molecule has 0 radical (unpaired) electrons. The zero-order chi connectivity index (χ0) is 37.4. The van der Waals surface area contributed by atoms with Gasteiger partial charge in [0, 0.05) is 30.2 Å². The van der Waals surface area contributed by atoms with Gasteiger partial charge in [0.05, 0.1) is 31.2 Å². The number of fused-ring (bicyclic) bond motifs is 3. The second kappa shape index (κ2) is 15.2. The fourth-order valence-electron chi connectivity index (χ4n) is 8.40. The molecule has 2 fully saturated rings. The summed E-state index contributed by atoms with van der Waals surface area (Å²) in [5.41, 5.74) is -0.308. The number of ether oxygens (including phenoxy) is 3. The van der Waals surface area contributed by atoms with Crippen LogP contribution >= 0.6 is 15.9 Å². The minimum Gasteiger partial charge on any atom is -0.455 e. The van der Waals surface area contributed by atoms with Crippen molar-refractivity contribution in [3.63, 3.8) is 0 Å². The van der Waals surface area contributed by atoms with Crippen molar-refractivity contribution >= 4 is 56.1 Å². The molecule has 1 spiro atoms. The van der Waals surface area contributed by atoms with Crippen LogP contribution in [0.5, 0.6) is 0 Å². The van der Waals surface area contributed by atoms with E-state index in [1.54, 1.807) is 23.1 Å². The van der Waals surface area contributed by atoms with Crippen LogP contribution in [0, 0.1) is 17.8 Å². The Morgan fingerprint density at radius 3 is 2.42 bits per heavy atom. The number of benzene rings is 3. The largest absolute Gasteiger partial charge is 0.455 e. The lowest BCUT2D eigenvalue weighted by Crippen LogP contribution is -2.59. The molecule has 0 saturated carbocycles. The number of methoxy groups -OCH3 is 1. The topological polar surface area (TPSA) is 135 Å². The van der Waals surface area contributed by atoms with E-state index >= 15 is 4.79 Å². The standard InChI is InChI=1S/C41H44BrN3O8/c1-24(2)31(22-46)45-37-39(49)44(28-18-17-25-12-9-10-15-27(25)20-28)19-11-5-8-16-32(47)43-30(23-51-3)35(26-13-6-4-7-14-26)52-40(50)33-34(38(45)48)41(37)21-29(42)36(33)53-41/h4-7,9-15,17-18,20-21,24,30-31,33-37,46H,8,16,19,22-23H2,1-3H3,(H,43,47)/b11-5-/t30-,31+,33+,34-,35-,36+,37+,41-/m1/s1. The van der Waals surface area contributed by atoms with Crippen LogP contribution in [0.15, 0.2) is 95.5 Å². The van der Waals surface area contributed by atoms with Crippen LogP contribution in [-0.4, -0.2) is 90.4 Å². The first-order chi connectivity index (χ1) is 25.6. The summed E-state index contributed by atoms with van der Waals surface area (Å²) in [4.78, 5) is 61.3. The van der Waals surface area contributed by atoms with Gasteiger partial charge in [-0.2, -0.15) is 0 Å². The lowest BCUT2D eigenvalue weighted by Gasteiger charge is -2.40. The van der Waals surface area contributed by atoms with E-state index in [4.69, 9.17) is 14.2 Å². The number of aliphatic hydroxyl groups is 1. The summed E-state index contributed by atoms with van der Waals surface area (Å²) in [5.74, 6) is -4.36. The predicted molar refractivity (Wildman–Crippen MR) is 202 cm³/mol. The highest BCUT2D eigenvalue weighted by atomic mass is 79.9. The smallest absolute Gasteiger partial charge is 0.313 e. The van der Waals surface area contributed by atoms with Crippen LogP contribution in [-0.2, 0) is 33.4 Å². The molecular weight excluding hydrogens is 742 g/mol. The minimum absolute atomic E-state index is 0.0482. The first kappa shape index (κ1) is 37.0. The Balaban J connectivity index is 1.38. The molecule has 0 aliphatic carbocycles. The monoisotopic (exact) mass is 785 g/mol. The lowest BCUT2D eigenvalue weighted by atomic mass is 9.74. The van der Waals surface area contributed by atoms with Gasteiger partial charge in [0.25, 0.3) is 5.91 Å². The number of amides is 3. The van der Waals surface area contributed by atoms with E-state index in [0.717, 1.165) is 10.8 Å².